The Morgan fingerprint density at radius 3 is 2.51 bits per heavy atom. The van der Waals surface area contributed by atoms with Gasteiger partial charge < -0.3 is 18.9 Å². The number of piperidine rings is 1. The quantitative estimate of drug-likeness (QED) is 0.408. The number of imidazole rings is 1. The van der Waals surface area contributed by atoms with Crippen LogP contribution in [0.4, 0.5) is 8.78 Å². The topological polar surface area (TPSA) is 70.4 Å². The molecule has 3 aliphatic heterocycles. The zero-order chi connectivity index (χ0) is 30.4. The Bertz CT molecular complexity index is 1530. The number of amides is 2. The van der Waals surface area contributed by atoms with Crippen molar-refractivity contribution in [3.63, 3.8) is 0 Å². The maximum Gasteiger partial charge on any atom is 0.254 e. The van der Waals surface area contributed by atoms with Gasteiger partial charge in [-0.05, 0) is 68.4 Å². The minimum absolute atomic E-state index is 0.151. The molecule has 6 rings (SSSR count). The van der Waals surface area contributed by atoms with E-state index in [-0.39, 0.29) is 34.9 Å². The van der Waals surface area contributed by atoms with Gasteiger partial charge >= 0.3 is 0 Å². The van der Waals surface area contributed by atoms with Gasteiger partial charge in [-0.3, -0.25) is 14.5 Å². The van der Waals surface area contributed by atoms with Gasteiger partial charge in [0.25, 0.3) is 5.91 Å². The number of halogens is 2. The number of hydrogen-bond acceptors (Lipinski definition) is 5. The third-order valence-corrected chi connectivity index (χ3v) is 9.82. The Balaban J connectivity index is 1.31. The number of nitrogens with zero attached hydrogens (tertiary/aromatic N) is 5. The molecule has 230 valence electrons. The molecule has 3 aromatic rings. The van der Waals surface area contributed by atoms with E-state index in [0.29, 0.717) is 48.7 Å². The normalized spacial score (nSPS) is 21.3. The van der Waals surface area contributed by atoms with Gasteiger partial charge in [-0.1, -0.05) is 13.0 Å². The van der Waals surface area contributed by atoms with Crippen LogP contribution in [-0.2, 0) is 9.53 Å². The average Bonchev–Trinajstić information content (AvgIpc) is 3.27. The SMILES string of the molecule is CC[C@H](C1CCN(C(C)=O)CC1)N1CC(c2cc(-c3ccc(F)cc3C(=O)N3CCOC[C@H]3C)c3c(F)nc(C)n3c2)C1. The maximum absolute atomic E-state index is 15.4. The fraction of sp³-hybridized carbons (Fsp3) is 0.545. The number of ether oxygens (including phenoxy) is 1. The van der Waals surface area contributed by atoms with E-state index in [1.807, 2.05) is 24.1 Å². The van der Waals surface area contributed by atoms with E-state index in [2.05, 4.69) is 16.8 Å². The van der Waals surface area contributed by atoms with Crippen LogP contribution in [0.2, 0.25) is 0 Å². The number of likely N-dealkylation sites (tertiary alicyclic amines) is 2. The van der Waals surface area contributed by atoms with Gasteiger partial charge in [0.15, 0.2) is 0 Å². The highest BCUT2D eigenvalue weighted by atomic mass is 19.1. The van der Waals surface area contributed by atoms with Gasteiger partial charge in [0.1, 0.15) is 17.2 Å². The van der Waals surface area contributed by atoms with Gasteiger partial charge in [-0.15, -0.1) is 0 Å². The predicted octanol–water partition coefficient (Wildman–Crippen LogP) is 4.89. The van der Waals surface area contributed by atoms with Gasteiger partial charge in [0.2, 0.25) is 11.9 Å². The van der Waals surface area contributed by atoms with Crippen molar-refractivity contribution in [1.29, 1.82) is 0 Å². The molecule has 3 saturated heterocycles. The molecule has 0 saturated carbocycles. The Morgan fingerprint density at radius 1 is 1.09 bits per heavy atom. The van der Waals surface area contributed by atoms with Crippen molar-refractivity contribution in [3.8, 4) is 11.1 Å². The second-order valence-electron chi connectivity index (χ2n) is 12.4. The molecule has 0 unspecified atom stereocenters. The van der Waals surface area contributed by atoms with E-state index >= 15 is 4.39 Å². The first kappa shape index (κ1) is 29.7. The summed E-state index contributed by atoms with van der Waals surface area (Å²) in [6.45, 7) is 12.2. The van der Waals surface area contributed by atoms with Crippen molar-refractivity contribution in [2.24, 2.45) is 5.92 Å². The predicted molar refractivity (Wildman–Crippen MR) is 160 cm³/mol. The molecule has 5 heterocycles. The first-order valence-electron chi connectivity index (χ1n) is 15.5. The zero-order valence-electron chi connectivity index (χ0n) is 25.5. The van der Waals surface area contributed by atoms with E-state index in [4.69, 9.17) is 4.74 Å². The number of rotatable bonds is 6. The fourth-order valence-corrected chi connectivity index (χ4v) is 7.35. The summed E-state index contributed by atoms with van der Waals surface area (Å²) >= 11 is 0. The molecule has 10 heteroatoms. The number of aromatic nitrogens is 2. The first-order valence-corrected chi connectivity index (χ1v) is 15.5. The molecule has 2 atom stereocenters. The van der Waals surface area contributed by atoms with Crippen molar-refractivity contribution < 1.29 is 23.1 Å². The Kier molecular flexibility index (Phi) is 8.26. The molecule has 1 aromatic carbocycles. The highest BCUT2D eigenvalue weighted by Gasteiger charge is 2.38. The number of hydrogen-bond donors (Lipinski definition) is 0. The average molecular weight is 594 g/mol. The van der Waals surface area contributed by atoms with Crippen LogP contribution in [0.25, 0.3) is 16.6 Å². The van der Waals surface area contributed by atoms with Crippen LogP contribution in [-0.4, -0.2) is 93.9 Å². The van der Waals surface area contributed by atoms with Gasteiger partial charge in [-0.25, -0.2) is 9.37 Å². The molecule has 8 nitrogen and oxygen atoms in total. The Hall–Kier alpha value is -3.37. The highest BCUT2D eigenvalue weighted by molar-refractivity contribution is 6.03. The number of carbonyl (C=O) groups is 2. The maximum atomic E-state index is 15.4. The van der Waals surface area contributed by atoms with Crippen LogP contribution in [0.5, 0.6) is 0 Å². The molecule has 0 spiro atoms. The van der Waals surface area contributed by atoms with E-state index in [0.717, 1.165) is 51.0 Å². The van der Waals surface area contributed by atoms with Crippen molar-refractivity contribution in [1.82, 2.24) is 24.1 Å². The number of pyridine rings is 1. The van der Waals surface area contributed by atoms with Crippen LogP contribution in [0.1, 0.15) is 67.7 Å². The highest BCUT2D eigenvalue weighted by Crippen LogP contribution is 2.39. The first-order chi connectivity index (χ1) is 20.7. The van der Waals surface area contributed by atoms with Crippen LogP contribution in [0.15, 0.2) is 30.5 Å². The molecule has 2 amide bonds. The summed E-state index contributed by atoms with van der Waals surface area (Å²) in [4.78, 5) is 35.9. The third kappa shape index (κ3) is 5.55. The lowest BCUT2D eigenvalue weighted by atomic mass is 9.82. The Morgan fingerprint density at radius 2 is 1.84 bits per heavy atom. The van der Waals surface area contributed by atoms with E-state index in [9.17, 15) is 14.0 Å². The molecule has 0 bridgehead atoms. The lowest BCUT2D eigenvalue weighted by molar-refractivity contribution is -0.130. The molecular weight excluding hydrogens is 552 g/mol. The van der Waals surface area contributed by atoms with Crippen molar-refractivity contribution >= 4 is 17.3 Å². The molecule has 0 N–H and O–H groups in total. The molecule has 3 aliphatic rings. The molecule has 0 aliphatic carbocycles. The fourth-order valence-electron chi connectivity index (χ4n) is 7.35. The lowest BCUT2D eigenvalue weighted by Gasteiger charge is -2.48. The van der Waals surface area contributed by atoms with E-state index in [1.54, 1.807) is 29.2 Å². The molecular formula is C33H41F2N5O3. The van der Waals surface area contributed by atoms with Crippen molar-refractivity contribution in [2.45, 2.75) is 65.0 Å². The minimum Gasteiger partial charge on any atom is -0.377 e. The van der Waals surface area contributed by atoms with Crippen LogP contribution >= 0.6 is 0 Å². The summed E-state index contributed by atoms with van der Waals surface area (Å²) in [6.07, 6.45) is 5.06. The second-order valence-corrected chi connectivity index (χ2v) is 12.4. The summed E-state index contributed by atoms with van der Waals surface area (Å²) in [5.74, 6) is 0.0465. The molecule has 0 radical (unpaired) electrons. The molecule has 43 heavy (non-hydrogen) atoms. The largest absolute Gasteiger partial charge is 0.377 e. The van der Waals surface area contributed by atoms with Crippen LogP contribution < -0.4 is 0 Å². The molecule has 2 aromatic heterocycles. The van der Waals surface area contributed by atoms with Crippen LogP contribution in [0.3, 0.4) is 0 Å². The number of carbonyl (C=O) groups excluding carboxylic acids is 2. The summed E-state index contributed by atoms with van der Waals surface area (Å²) in [6, 6.07) is 6.45. The number of aryl methyl sites for hydroxylation is 1. The van der Waals surface area contributed by atoms with E-state index < -0.39 is 11.8 Å². The van der Waals surface area contributed by atoms with Crippen molar-refractivity contribution in [2.75, 3.05) is 45.9 Å². The standard InChI is InChI=1S/C33H41F2N5O3/c1-5-30(23-8-10-37(11-9-23)22(4)41)38-16-25(17-38)24-14-28(31-32(35)36-21(3)40(31)18-24)27-7-6-26(34)15-29(27)33(42)39-12-13-43-19-20(39)2/h6-7,14-15,18,20,23,25,30H,5,8-13,16-17,19H2,1-4H3/t20-,30-/m1/s1. The van der Waals surface area contributed by atoms with Gasteiger partial charge in [0.05, 0.1) is 24.8 Å². The second kappa shape index (κ2) is 12.0. The van der Waals surface area contributed by atoms with Crippen LogP contribution in [0, 0.1) is 24.6 Å². The van der Waals surface area contributed by atoms with E-state index in [1.165, 1.54) is 12.1 Å². The lowest BCUT2D eigenvalue weighted by Crippen LogP contribution is -2.54. The number of benzene rings is 1. The monoisotopic (exact) mass is 593 g/mol. The summed E-state index contributed by atoms with van der Waals surface area (Å²) < 4.78 is 37.2. The minimum atomic E-state index is -0.611. The Labute approximate surface area is 251 Å². The summed E-state index contributed by atoms with van der Waals surface area (Å²) in [7, 11) is 0. The summed E-state index contributed by atoms with van der Waals surface area (Å²) in [5, 5.41) is 0. The number of morpholine rings is 1. The van der Waals surface area contributed by atoms with Gasteiger partial charge in [0, 0.05) is 63.4 Å². The van der Waals surface area contributed by atoms with Crippen molar-refractivity contribution in [3.05, 3.63) is 59.2 Å². The molecule has 3 fully saturated rings. The summed E-state index contributed by atoms with van der Waals surface area (Å²) in [5.41, 5.74) is 2.58. The zero-order valence-corrected chi connectivity index (χ0v) is 25.5. The number of fused-ring (bicyclic) bond motifs is 1. The third-order valence-electron chi connectivity index (χ3n) is 9.82. The van der Waals surface area contributed by atoms with Gasteiger partial charge in [-0.2, -0.15) is 4.39 Å². The smallest absolute Gasteiger partial charge is 0.254 e.